The maximum absolute atomic E-state index is 12.4. The molecular weight excluding hydrogens is 350 g/mol. The number of rotatable bonds is 5. The van der Waals surface area contributed by atoms with E-state index in [-0.39, 0.29) is 23.8 Å². The summed E-state index contributed by atoms with van der Waals surface area (Å²) in [6.45, 7) is 1.89. The Morgan fingerprint density at radius 1 is 1.27 bits per heavy atom. The number of carbonyl (C=O) groups is 2. The van der Waals surface area contributed by atoms with Crippen molar-refractivity contribution in [2.45, 2.75) is 32.2 Å². The lowest BCUT2D eigenvalue weighted by atomic mass is 9.85. The van der Waals surface area contributed by atoms with Gasteiger partial charge in [-0.25, -0.2) is 9.50 Å². The van der Waals surface area contributed by atoms with Crippen molar-refractivity contribution >= 4 is 33.8 Å². The minimum absolute atomic E-state index is 0.0652. The largest absolute Gasteiger partial charge is 0.344 e. The molecular formula is C18H19N5O2S. The summed E-state index contributed by atoms with van der Waals surface area (Å²) in [4.78, 5) is 29.6. The molecule has 0 saturated heterocycles. The summed E-state index contributed by atoms with van der Waals surface area (Å²) in [6, 6.07) is 6.71. The average molecular weight is 369 g/mol. The van der Waals surface area contributed by atoms with Crippen LogP contribution in [0.15, 0.2) is 36.0 Å². The lowest BCUT2D eigenvalue weighted by Gasteiger charge is -2.24. The zero-order valence-corrected chi connectivity index (χ0v) is 15.1. The van der Waals surface area contributed by atoms with Gasteiger partial charge < -0.3 is 10.6 Å². The van der Waals surface area contributed by atoms with Gasteiger partial charge >= 0.3 is 0 Å². The summed E-state index contributed by atoms with van der Waals surface area (Å²) in [5.74, 6) is 0.0204. The van der Waals surface area contributed by atoms with Crippen molar-refractivity contribution in [2.24, 2.45) is 5.92 Å². The SMILES string of the molecule is C[C@@H](NC(=O)c1ccc(NC(=O)C2CCC2)cc1)c1cn2ncsc2n1. The molecule has 26 heavy (non-hydrogen) atoms. The van der Waals surface area contributed by atoms with Crippen LogP contribution in [0.25, 0.3) is 4.96 Å². The molecule has 2 heterocycles. The van der Waals surface area contributed by atoms with E-state index in [1.54, 1.807) is 34.3 Å². The molecule has 2 N–H and O–H groups in total. The highest BCUT2D eigenvalue weighted by atomic mass is 32.1. The number of anilines is 1. The third kappa shape index (κ3) is 3.32. The van der Waals surface area contributed by atoms with E-state index < -0.39 is 0 Å². The molecule has 4 rings (SSSR count). The maximum atomic E-state index is 12.4. The molecule has 1 atom stereocenters. The lowest BCUT2D eigenvalue weighted by Crippen LogP contribution is -2.28. The Balaban J connectivity index is 1.37. The lowest BCUT2D eigenvalue weighted by molar-refractivity contribution is -0.122. The molecule has 0 radical (unpaired) electrons. The first-order valence-corrected chi connectivity index (χ1v) is 9.48. The Labute approximate surface area is 154 Å². The molecule has 0 unspecified atom stereocenters. The highest BCUT2D eigenvalue weighted by Crippen LogP contribution is 2.27. The van der Waals surface area contributed by atoms with Crippen LogP contribution in [0.2, 0.25) is 0 Å². The fourth-order valence-corrected chi connectivity index (χ4v) is 3.45. The predicted octanol–water partition coefficient (Wildman–Crippen LogP) is 3.02. The van der Waals surface area contributed by atoms with Gasteiger partial charge in [0.25, 0.3) is 5.91 Å². The number of hydrogen-bond acceptors (Lipinski definition) is 5. The molecule has 1 aliphatic rings. The standard InChI is InChI=1S/C18H19N5O2S/c1-11(15-9-23-18(22-15)26-10-19-23)20-16(24)13-5-7-14(8-6-13)21-17(25)12-3-2-4-12/h5-12H,2-4H2,1H3,(H,20,24)(H,21,25)/t11-/m1/s1. The van der Waals surface area contributed by atoms with Crippen LogP contribution in [0, 0.1) is 5.92 Å². The minimum atomic E-state index is -0.227. The van der Waals surface area contributed by atoms with Crippen molar-refractivity contribution in [3.05, 3.63) is 47.2 Å². The summed E-state index contributed by atoms with van der Waals surface area (Å²) >= 11 is 1.45. The van der Waals surface area contributed by atoms with E-state index in [0.717, 1.165) is 29.9 Å². The van der Waals surface area contributed by atoms with Gasteiger partial charge in [-0.05, 0) is 44.0 Å². The number of carbonyl (C=O) groups excluding carboxylic acids is 2. The number of nitrogens with zero attached hydrogens (tertiary/aromatic N) is 3. The number of amides is 2. The first kappa shape index (κ1) is 16.7. The predicted molar refractivity (Wildman–Crippen MR) is 99.2 cm³/mol. The summed E-state index contributed by atoms with van der Waals surface area (Å²) in [5.41, 5.74) is 3.74. The van der Waals surface area contributed by atoms with Crippen LogP contribution in [0.4, 0.5) is 5.69 Å². The zero-order valence-electron chi connectivity index (χ0n) is 14.3. The van der Waals surface area contributed by atoms with Crippen LogP contribution in [0.1, 0.15) is 48.3 Å². The number of benzene rings is 1. The van der Waals surface area contributed by atoms with Crippen LogP contribution in [-0.4, -0.2) is 26.4 Å². The summed E-state index contributed by atoms with van der Waals surface area (Å²) in [7, 11) is 0. The summed E-state index contributed by atoms with van der Waals surface area (Å²) in [5, 5.41) is 9.97. The topological polar surface area (TPSA) is 88.4 Å². The molecule has 134 valence electrons. The fourth-order valence-electron chi connectivity index (χ4n) is 2.84. The highest BCUT2D eigenvalue weighted by Gasteiger charge is 2.25. The van der Waals surface area contributed by atoms with Crippen molar-refractivity contribution in [2.75, 3.05) is 5.32 Å². The molecule has 1 saturated carbocycles. The molecule has 8 heteroatoms. The molecule has 2 aromatic heterocycles. The van der Waals surface area contributed by atoms with E-state index in [4.69, 9.17) is 0 Å². The van der Waals surface area contributed by atoms with E-state index >= 15 is 0 Å². The second-order valence-corrected chi connectivity index (χ2v) is 7.33. The van der Waals surface area contributed by atoms with Gasteiger partial charge in [0.2, 0.25) is 10.9 Å². The van der Waals surface area contributed by atoms with Crippen LogP contribution >= 0.6 is 11.3 Å². The summed E-state index contributed by atoms with van der Waals surface area (Å²) in [6.07, 6.45) is 4.87. The molecule has 1 aliphatic carbocycles. The smallest absolute Gasteiger partial charge is 0.251 e. The molecule has 1 fully saturated rings. The molecule has 0 aliphatic heterocycles. The number of nitrogens with one attached hydrogen (secondary N) is 2. The normalized spacial score (nSPS) is 15.4. The van der Waals surface area contributed by atoms with E-state index in [9.17, 15) is 9.59 Å². The summed E-state index contributed by atoms with van der Waals surface area (Å²) < 4.78 is 1.70. The molecule has 3 aromatic rings. The second kappa shape index (κ2) is 6.87. The van der Waals surface area contributed by atoms with Gasteiger partial charge in [0.15, 0.2) is 0 Å². The van der Waals surface area contributed by atoms with Gasteiger partial charge in [0, 0.05) is 17.2 Å². The number of imidazole rings is 1. The van der Waals surface area contributed by atoms with Crippen molar-refractivity contribution in [1.82, 2.24) is 19.9 Å². The Morgan fingerprint density at radius 3 is 2.69 bits per heavy atom. The van der Waals surface area contributed by atoms with Gasteiger partial charge in [-0.15, -0.1) is 0 Å². The first-order chi connectivity index (χ1) is 12.6. The number of hydrogen-bond donors (Lipinski definition) is 2. The maximum Gasteiger partial charge on any atom is 0.251 e. The van der Waals surface area contributed by atoms with Gasteiger partial charge in [0.05, 0.1) is 17.9 Å². The Kier molecular flexibility index (Phi) is 4.42. The van der Waals surface area contributed by atoms with E-state index in [0.29, 0.717) is 11.3 Å². The van der Waals surface area contributed by atoms with Gasteiger partial charge in [-0.3, -0.25) is 9.59 Å². The minimum Gasteiger partial charge on any atom is -0.344 e. The van der Waals surface area contributed by atoms with Gasteiger partial charge in [-0.1, -0.05) is 17.8 Å². The van der Waals surface area contributed by atoms with Crippen LogP contribution < -0.4 is 10.6 Å². The van der Waals surface area contributed by atoms with Crippen molar-refractivity contribution in [3.63, 3.8) is 0 Å². The Hall–Kier alpha value is -2.74. The Bertz CT molecular complexity index is 914. The fraction of sp³-hybridized carbons (Fsp3) is 0.333. The Morgan fingerprint density at radius 2 is 2.04 bits per heavy atom. The quantitative estimate of drug-likeness (QED) is 0.723. The number of aromatic nitrogens is 3. The van der Waals surface area contributed by atoms with Crippen LogP contribution in [0.3, 0.4) is 0 Å². The molecule has 7 nitrogen and oxygen atoms in total. The van der Waals surface area contributed by atoms with E-state index in [1.165, 1.54) is 11.3 Å². The zero-order chi connectivity index (χ0) is 18.1. The third-order valence-electron chi connectivity index (χ3n) is 4.69. The first-order valence-electron chi connectivity index (χ1n) is 8.61. The monoisotopic (exact) mass is 369 g/mol. The highest BCUT2D eigenvalue weighted by molar-refractivity contribution is 7.14. The van der Waals surface area contributed by atoms with Crippen LogP contribution in [0.5, 0.6) is 0 Å². The second-order valence-electron chi connectivity index (χ2n) is 6.52. The van der Waals surface area contributed by atoms with Gasteiger partial charge in [-0.2, -0.15) is 5.10 Å². The number of fused-ring (bicyclic) bond motifs is 1. The van der Waals surface area contributed by atoms with E-state index in [1.807, 2.05) is 13.1 Å². The molecule has 2 amide bonds. The van der Waals surface area contributed by atoms with Crippen molar-refractivity contribution in [3.8, 4) is 0 Å². The van der Waals surface area contributed by atoms with Crippen molar-refractivity contribution < 1.29 is 9.59 Å². The molecule has 0 spiro atoms. The average Bonchev–Trinajstić information content (AvgIpc) is 3.15. The van der Waals surface area contributed by atoms with Crippen molar-refractivity contribution in [1.29, 1.82) is 0 Å². The van der Waals surface area contributed by atoms with E-state index in [2.05, 4.69) is 20.7 Å². The molecule has 0 bridgehead atoms. The third-order valence-corrected chi connectivity index (χ3v) is 5.38. The van der Waals surface area contributed by atoms with Crippen LogP contribution in [-0.2, 0) is 4.79 Å². The molecule has 1 aromatic carbocycles. The van der Waals surface area contributed by atoms with Gasteiger partial charge in [0.1, 0.15) is 5.51 Å².